The molecule has 0 radical (unpaired) electrons. The van der Waals surface area contributed by atoms with Gasteiger partial charge in [0.15, 0.2) is 0 Å². The number of carbonyl (C=O) groups excluding carboxylic acids is 1. The lowest BCUT2D eigenvalue weighted by atomic mass is 10.0. The highest BCUT2D eigenvalue weighted by atomic mass is 32.1. The highest BCUT2D eigenvalue weighted by Gasteiger charge is 2.30. The van der Waals surface area contributed by atoms with Crippen LogP contribution in [-0.4, -0.2) is 33.4 Å². The van der Waals surface area contributed by atoms with Crippen LogP contribution in [0.3, 0.4) is 0 Å². The van der Waals surface area contributed by atoms with Crippen molar-refractivity contribution in [1.82, 2.24) is 14.5 Å². The van der Waals surface area contributed by atoms with Crippen molar-refractivity contribution in [3.63, 3.8) is 0 Å². The Labute approximate surface area is 199 Å². The molecular formula is C28H31N3OS. The predicted molar refractivity (Wildman–Crippen MR) is 137 cm³/mol. The first-order chi connectivity index (χ1) is 15.9. The lowest BCUT2D eigenvalue weighted by Crippen LogP contribution is -2.35. The monoisotopic (exact) mass is 457 g/mol. The van der Waals surface area contributed by atoms with Gasteiger partial charge in [-0.25, -0.2) is 4.98 Å². The van der Waals surface area contributed by atoms with E-state index in [1.165, 1.54) is 40.4 Å². The molecule has 5 heteroatoms. The average molecular weight is 458 g/mol. The Kier molecular flexibility index (Phi) is 5.83. The van der Waals surface area contributed by atoms with E-state index >= 15 is 0 Å². The molecule has 2 aromatic carbocycles. The minimum absolute atomic E-state index is 0.0692. The fourth-order valence-corrected chi connectivity index (χ4v) is 5.47. The summed E-state index contributed by atoms with van der Waals surface area (Å²) in [5.41, 5.74) is 6.73. The first-order valence-corrected chi connectivity index (χ1v) is 12.6. The summed E-state index contributed by atoms with van der Waals surface area (Å²) in [6.45, 7) is 7.78. The van der Waals surface area contributed by atoms with Gasteiger partial charge in [0.05, 0.1) is 9.88 Å². The smallest absolute Gasteiger partial charge is 0.274 e. The van der Waals surface area contributed by atoms with Gasteiger partial charge in [0.25, 0.3) is 5.91 Å². The zero-order chi connectivity index (χ0) is 23.1. The minimum atomic E-state index is 0.0692. The van der Waals surface area contributed by atoms with E-state index in [1.54, 1.807) is 11.3 Å². The summed E-state index contributed by atoms with van der Waals surface area (Å²) < 4.78 is 2.18. The molecule has 2 heterocycles. The van der Waals surface area contributed by atoms with Crippen molar-refractivity contribution in [3.05, 3.63) is 76.1 Å². The van der Waals surface area contributed by atoms with E-state index in [4.69, 9.17) is 4.98 Å². The van der Waals surface area contributed by atoms with Crippen LogP contribution in [0.25, 0.3) is 21.3 Å². The standard InChI is InChI=1S/C28H31N3OS/c1-18-9-12-22(15-19(18)2)27-26(29-20(3)33-27)28(32)31(16-21-10-11-21)14-13-23-17-30(4)25-8-6-5-7-24(23)25/h5-9,12,15,17,21H,10-11,13-14,16H2,1-4H3. The molecule has 4 aromatic rings. The number of hydrogen-bond donors (Lipinski definition) is 0. The van der Waals surface area contributed by atoms with Crippen LogP contribution in [0.15, 0.2) is 48.7 Å². The highest BCUT2D eigenvalue weighted by Crippen LogP contribution is 2.34. The van der Waals surface area contributed by atoms with Crippen LogP contribution in [0.1, 0.15) is 45.0 Å². The number of fused-ring (bicyclic) bond motifs is 1. The van der Waals surface area contributed by atoms with Crippen molar-refractivity contribution < 1.29 is 4.79 Å². The van der Waals surface area contributed by atoms with Crippen LogP contribution in [0.2, 0.25) is 0 Å². The van der Waals surface area contributed by atoms with Crippen molar-refractivity contribution in [1.29, 1.82) is 0 Å². The Bertz CT molecular complexity index is 1330. The highest BCUT2D eigenvalue weighted by molar-refractivity contribution is 7.15. The van der Waals surface area contributed by atoms with E-state index < -0.39 is 0 Å². The first kappa shape index (κ1) is 21.9. The van der Waals surface area contributed by atoms with Crippen molar-refractivity contribution in [2.45, 2.75) is 40.0 Å². The van der Waals surface area contributed by atoms with Crippen LogP contribution < -0.4 is 0 Å². The molecule has 1 saturated carbocycles. The van der Waals surface area contributed by atoms with Gasteiger partial charge in [-0.15, -0.1) is 11.3 Å². The lowest BCUT2D eigenvalue weighted by molar-refractivity contribution is 0.0745. The summed E-state index contributed by atoms with van der Waals surface area (Å²) in [5.74, 6) is 0.700. The predicted octanol–water partition coefficient (Wildman–Crippen LogP) is 6.32. The SMILES string of the molecule is Cc1nc(C(=O)N(CCc2cn(C)c3ccccc23)CC2CC2)c(-c2ccc(C)c(C)c2)s1. The van der Waals surface area contributed by atoms with E-state index in [1.807, 2.05) is 6.92 Å². The third kappa shape index (κ3) is 4.47. The van der Waals surface area contributed by atoms with Crippen molar-refractivity contribution in [2.24, 2.45) is 13.0 Å². The molecule has 1 aliphatic rings. The Morgan fingerprint density at radius 3 is 2.67 bits per heavy atom. The number of thiazole rings is 1. The molecule has 0 N–H and O–H groups in total. The second-order valence-electron chi connectivity index (χ2n) is 9.44. The Hall–Kier alpha value is -2.92. The van der Waals surface area contributed by atoms with Crippen LogP contribution in [0, 0.1) is 26.7 Å². The number of benzene rings is 2. The molecule has 0 saturated heterocycles. The number of rotatable bonds is 7. The maximum absolute atomic E-state index is 13.8. The molecule has 4 nitrogen and oxygen atoms in total. The summed E-state index contributed by atoms with van der Waals surface area (Å²) in [5, 5.41) is 2.21. The van der Waals surface area contributed by atoms with E-state index in [9.17, 15) is 4.79 Å². The quantitative estimate of drug-likeness (QED) is 0.326. The van der Waals surface area contributed by atoms with Crippen molar-refractivity contribution >= 4 is 28.1 Å². The minimum Gasteiger partial charge on any atom is -0.350 e. The summed E-state index contributed by atoms with van der Waals surface area (Å²) in [6.07, 6.45) is 5.50. The fourth-order valence-electron chi connectivity index (χ4n) is 4.57. The van der Waals surface area contributed by atoms with Crippen LogP contribution >= 0.6 is 11.3 Å². The molecule has 5 rings (SSSR count). The van der Waals surface area contributed by atoms with Crippen LogP contribution in [-0.2, 0) is 13.5 Å². The molecular weight excluding hydrogens is 426 g/mol. The number of aryl methyl sites for hydroxylation is 4. The maximum atomic E-state index is 13.8. The molecule has 0 spiro atoms. The second kappa shape index (κ2) is 8.79. The molecule has 1 aliphatic carbocycles. The van der Waals surface area contributed by atoms with Gasteiger partial charge >= 0.3 is 0 Å². The van der Waals surface area contributed by atoms with Gasteiger partial charge in [-0.05, 0) is 74.3 Å². The van der Waals surface area contributed by atoms with E-state index in [0.29, 0.717) is 18.2 Å². The van der Waals surface area contributed by atoms with Crippen molar-refractivity contribution in [3.8, 4) is 10.4 Å². The number of hydrogen-bond acceptors (Lipinski definition) is 3. The Morgan fingerprint density at radius 2 is 1.91 bits per heavy atom. The molecule has 33 heavy (non-hydrogen) atoms. The van der Waals surface area contributed by atoms with Gasteiger partial charge in [-0.3, -0.25) is 4.79 Å². The van der Waals surface area contributed by atoms with Crippen LogP contribution in [0.5, 0.6) is 0 Å². The van der Waals surface area contributed by atoms with Gasteiger partial charge in [0, 0.05) is 37.2 Å². The van der Waals surface area contributed by atoms with Gasteiger partial charge in [0.1, 0.15) is 5.69 Å². The van der Waals surface area contributed by atoms with Crippen LogP contribution in [0.4, 0.5) is 0 Å². The normalized spacial score (nSPS) is 13.6. The van der Waals surface area contributed by atoms with E-state index in [2.05, 4.69) is 79.0 Å². The summed E-state index contributed by atoms with van der Waals surface area (Å²) in [4.78, 5) is 21.6. The third-order valence-electron chi connectivity index (χ3n) is 6.80. The number of aromatic nitrogens is 2. The molecule has 0 unspecified atom stereocenters. The maximum Gasteiger partial charge on any atom is 0.274 e. The number of carbonyl (C=O) groups is 1. The van der Waals surface area contributed by atoms with E-state index in [-0.39, 0.29) is 5.91 Å². The fraction of sp³-hybridized carbons (Fsp3) is 0.357. The van der Waals surface area contributed by atoms with Gasteiger partial charge in [-0.1, -0.05) is 36.4 Å². The van der Waals surface area contributed by atoms with Crippen molar-refractivity contribution in [2.75, 3.05) is 13.1 Å². The largest absolute Gasteiger partial charge is 0.350 e. The zero-order valence-corrected chi connectivity index (χ0v) is 20.7. The lowest BCUT2D eigenvalue weighted by Gasteiger charge is -2.22. The molecule has 0 bridgehead atoms. The Morgan fingerprint density at radius 1 is 1.12 bits per heavy atom. The summed E-state index contributed by atoms with van der Waals surface area (Å²) in [6, 6.07) is 14.9. The van der Waals surface area contributed by atoms with E-state index in [0.717, 1.165) is 28.4 Å². The average Bonchev–Trinajstić information content (AvgIpc) is 3.46. The number of para-hydroxylation sites is 1. The molecule has 1 fully saturated rings. The molecule has 1 amide bonds. The number of amides is 1. The first-order valence-electron chi connectivity index (χ1n) is 11.8. The summed E-state index contributed by atoms with van der Waals surface area (Å²) >= 11 is 1.62. The molecule has 170 valence electrons. The molecule has 0 aliphatic heterocycles. The third-order valence-corrected chi connectivity index (χ3v) is 7.82. The molecule has 0 atom stereocenters. The topological polar surface area (TPSA) is 38.1 Å². The zero-order valence-electron chi connectivity index (χ0n) is 19.9. The second-order valence-corrected chi connectivity index (χ2v) is 10.6. The van der Waals surface area contributed by atoms with Gasteiger partial charge in [0.2, 0.25) is 0 Å². The number of nitrogens with zero attached hydrogens (tertiary/aromatic N) is 3. The Balaban J connectivity index is 1.43. The summed E-state index contributed by atoms with van der Waals surface area (Å²) in [7, 11) is 2.09. The molecule has 2 aromatic heterocycles. The van der Waals surface area contributed by atoms with Gasteiger partial charge in [-0.2, -0.15) is 0 Å². The van der Waals surface area contributed by atoms with Gasteiger partial charge < -0.3 is 9.47 Å².